The normalized spacial score (nSPS) is 12.7. The Kier molecular flexibility index (Phi) is 7.92. The molecule has 5 heteroatoms. The lowest BCUT2D eigenvalue weighted by atomic mass is 10.1. The molecule has 0 spiro atoms. The molecule has 4 nitrogen and oxygen atoms in total. The second-order valence-electron chi connectivity index (χ2n) is 4.58. The van der Waals surface area contributed by atoms with Crippen LogP contribution in [0.2, 0.25) is 5.02 Å². The predicted octanol–water partition coefficient (Wildman–Crippen LogP) is 2.48. The molecule has 0 heterocycles. The lowest BCUT2D eigenvalue weighted by Gasteiger charge is -2.22. The summed E-state index contributed by atoms with van der Waals surface area (Å²) in [7, 11) is 0. The Labute approximate surface area is 125 Å². The molecular weight excluding hydrogens is 278 g/mol. The Morgan fingerprint density at radius 1 is 1.30 bits per heavy atom. The SMILES string of the molecule is CCOc1ccc(Cl)cc1C(O)CCN(CC)CCO. The van der Waals surface area contributed by atoms with Crippen LogP contribution in [-0.2, 0) is 0 Å². The molecule has 0 aliphatic rings. The molecule has 20 heavy (non-hydrogen) atoms. The summed E-state index contributed by atoms with van der Waals surface area (Å²) in [5.41, 5.74) is 0.722. The van der Waals surface area contributed by atoms with Crippen LogP contribution in [0.3, 0.4) is 0 Å². The van der Waals surface area contributed by atoms with Crippen LogP contribution in [-0.4, -0.2) is 48.0 Å². The molecule has 1 aromatic carbocycles. The molecule has 0 radical (unpaired) electrons. The average molecular weight is 302 g/mol. The van der Waals surface area contributed by atoms with Crippen LogP contribution in [0.1, 0.15) is 31.9 Å². The quantitative estimate of drug-likeness (QED) is 0.736. The third kappa shape index (κ3) is 5.29. The van der Waals surface area contributed by atoms with Gasteiger partial charge < -0.3 is 19.8 Å². The van der Waals surface area contributed by atoms with Gasteiger partial charge in [0.2, 0.25) is 0 Å². The van der Waals surface area contributed by atoms with Crippen molar-refractivity contribution in [3.05, 3.63) is 28.8 Å². The van der Waals surface area contributed by atoms with E-state index in [1.165, 1.54) is 0 Å². The van der Waals surface area contributed by atoms with Crippen molar-refractivity contribution in [1.29, 1.82) is 0 Å². The number of ether oxygens (including phenoxy) is 1. The average Bonchev–Trinajstić information content (AvgIpc) is 2.45. The van der Waals surface area contributed by atoms with Crippen LogP contribution in [0.15, 0.2) is 18.2 Å². The van der Waals surface area contributed by atoms with E-state index in [0.717, 1.165) is 18.7 Å². The highest BCUT2D eigenvalue weighted by molar-refractivity contribution is 6.30. The summed E-state index contributed by atoms with van der Waals surface area (Å²) in [6.45, 7) is 6.81. The van der Waals surface area contributed by atoms with Crippen molar-refractivity contribution in [2.24, 2.45) is 0 Å². The summed E-state index contributed by atoms with van der Waals surface area (Å²) in [4.78, 5) is 2.09. The maximum absolute atomic E-state index is 10.3. The van der Waals surface area contributed by atoms with Gasteiger partial charge in [-0.25, -0.2) is 0 Å². The third-order valence-electron chi connectivity index (χ3n) is 3.21. The molecule has 0 saturated heterocycles. The Hall–Kier alpha value is -0.810. The molecule has 114 valence electrons. The van der Waals surface area contributed by atoms with Gasteiger partial charge in [0.25, 0.3) is 0 Å². The van der Waals surface area contributed by atoms with E-state index in [0.29, 0.717) is 30.3 Å². The Morgan fingerprint density at radius 2 is 2.05 bits per heavy atom. The van der Waals surface area contributed by atoms with Gasteiger partial charge in [0.05, 0.1) is 19.3 Å². The zero-order chi connectivity index (χ0) is 15.0. The maximum Gasteiger partial charge on any atom is 0.125 e. The fourth-order valence-corrected chi connectivity index (χ4v) is 2.28. The second kappa shape index (κ2) is 9.19. The number of hydrogen-bond donors (Lipinski definition) is 2. The molecule has 0 amide bonds. The van der Waals surface area contributed by atoms with Gasteiger partial charge in [-0.3, -0.25) is 0 Å². The van der Waals surface area contributed by atoms with Gasteiger partial charge in [0.15, 0.2) is 0 Å². The van der Waals surface area contributed by atoms with Gasteiger partial charge in [-0.05, 0) is 38.1 Å². The number of likely N-dealkylation sites (N-methyl/N-ethyl adjacent to an activating group) is 1. The number of rotatable bonds is 9. The number of nitrogens with zero attached hydrogens (tertiary/aromatic N) is 1. The summed E-state index contributed by atoms with van der Waals surface area (Å²) in [6, 6.07) is 5.29. The van der Waals surface area contributed by atoms with E-state index in [4.69, 9.17) is 21.4 Å². The molecule has 0 saturated carbocycles. The van der Waals surface area contributed by atoms with E-state index in [2.05, 4.69) is 4.90 Å². The standard InChI is InChI=1S/C15H24ClNO3/c1-3-17(9-10-18)8-7-14(19)13-11-12(16)5-6-15(13)20-4-2/h5-6,11,14,18-19H,3-4,7-10H2,1-2H3. The monoisotopic (exact) mass is 301 g/mol. The number of hydrogen-bond acceptors (Lipinski definition) is 4. The van der Waals surface area contributed by atoms with Gasteiger partial charge in [-0.2, -0.15) is 0 Å². The minimum Gasteiger partial charge on any atom is -0.493 e. The molecule has 0 aromatic heterocycles. The summed E-state index contributed by atoms with van der Waals surface area (Å²) in [6.07, 6.45) is -0.0446. The van der Waals surface area contributed by atoms with Gasteiger partial charge in [-0.15, -0.1) is 0 Å². The fourth-order valence-electron chi connectivity index (χ4n) is 2.10. The Bertz CT molecular complexity index is 401. The highest BCUT2D eigenvalue weighted by atomic mass is 35.5. The largest absolute Gasteiger partial charge is 0.493 e. The van der Waals surface area contributed by atoms with Crippen molar-refractivity contribution >= 4 is 11.6 Å². The predicted molar refractivity (Wildman–Crippen MR) is 81.4 cm³/mol. The number of benzene rings is 1. The first-order valence-electron chi connectivity index (χ1n) is 7.05. The molecule has 0 aliphatic carbocycles. The van der Waals surface area contributed by atoms with E-state index in [9.17, 15) is 5.11 Å². The third-order valence-corrected chi connectivity index (χ3v) is 3.45. The van der Waals surface area contributed by atoms with E-state index in [1.807, 2.05) is 13.8 Å². The molecule has 0 fully saturated rings. The molecule has 1 atom stereocenters. The second-order valence-corrected chi connectivity index (χ2v) is 5.01. The van der Waals surface area contributed by atoms with Gasteiger partial charge >= 0.3 is 0 Å². The van der Waals surface area contributed by atoms with Crippen LogP contribution in [0.4, 0.5) is 0 Å². The highest BCUT2D eigenvalue weighted by Crippen LogP contribution is 2.30. The zero-order valence-corrected chi connectivity index (χ0v) is 12.9. The number of aliphatic hydroxyl groups is 2. The molecule has 1 aromatic rings. The van der Waals surface area contributed by atoms with Crippen LogP contribution in [0, 0.1) is 0 Å². The van der Waals surface area contributed by atoms with E-state index in [-0.39, 0.29) is 6.61 Å². The number of aliphatic hydroxyl groups excluding tert-OH is 2. The molecule has 2 N–H and O–H groups in total. The zero-order valence-electron chi connectivity index (χ0n) is 12.2. The van der Waals surface area contributed by atoms with Crippen LogP contribution in [0.5, 0.6) is 5.75 Å². The van der Waals surface area contributed by atoms with Crippen LogP contribution in [0.25, 0.3) is 0 Å². The molecule has 0 bridgehead atoms. The van der Waals surface area contributed by atoms with Gasteiger partial charge in [0, 0.05) is 23.7 Å². The van der Waals surface area contributed by atoms with Crippen LogP contribution >= 0.6 is 11.6 Å². The molecule has 0 aliphatic heterocycles. The van der Waals surface area contributed by atoms with Crippen molar-refractivity contribution < 1.29 is 14.9 Å². The summed E-state index contributed by atoms with van der Waals surface area (Å²) in [5.74, 6) is 0.676. The van der Waals surface area contributed by atoms with Gasteiger partial charge in [-0.1, -0.05) is 18.5 Å². The minimum absolute atomic E-state index is 0.130. The van der Waals surface area contributed by atoms with Crippen molar-refractivity contribution in [2.45, 2.75) is 26.4 Å². The molecule has 1 unspecified atom stereocenters. The van der Waals surface area contributed by atoms with E-state index < -0.39 is 6.10 Å². The smallest absolute Gasteiger partial charge is 0.125 e. The van der Waals surface area contributed by atoms with E-state index >= 15 is 0 Å². The van der Waals surface area contributed by atoms with Crippen molar-refractivity contribution in [3.8, 4) is 5.75 Å². The first kappa shape index (κ1) is 17.2. The first-order chi connectivity index (χ1) is 9.62. The Balaban J connectivity index is 2.70. The van der Waals surface area contributed by atoms with E-state index in [1.54, 1.807) is 18.2 Å². The number of halogens is 1. The summed E-state index contributed by atoms with van der Waals surface area (Å²) >= 11 is 5.99. The van der Waals surface area contributed by atoms with Gasteiger partial charge in [0.1, 0.15) is 5.75 Å². The topological polar surface area (TPSA) is 52.9 Å². The van der Waals surface area contributed by atoms with Crippen molar-refractivity contribution in [3.63, 3.8) is 0 Å². The lowest BCUT2D eigenvalue weighted by Crippen LogP contribution is -2.28. The summed E-state index contributed by atoms with van der Waals surface area (Å²) < 4.78 is 5.52. The lowest BCUT2D eigenvalue weighted by molar-refractivity contribution is 0.130. The minimum atomic E-state index is -0.622. The maximum atomic E-state index is 10.3. The van der Waals surface area contributed by atoms with Crippen molar-refractivity contribution in [1.82, 2.24) is 4.90 Å². The fraction of sp³-hybridized carbons (Fsp3) is 0.600. The van der Waals surface area contributed by atoms with Crippen LogP contribution < -0.4 is 4.74 Å². The first-order valence-corrected chi connectivity index (χ1v) is 7.43. The summed E-state index contributed by atoms with van der Waals surface area (Å²) in [5, 5.41) is 19.9. The molecular formula is C15H24ClNO3. The highest BCUT2D eigenvalue weighted by Gasteiger charge is 2.15. The molecule has 1 rings (SSSR count). The van der Waals surface area contributed by atoms with Crippen molar-refractivity contribution in [2.75, 3.05) is 32.8 Å². The Morgan fingerprint density at radius 3 is 2.65 bits per heavy atom.